The molecule has 10 heteroatoms. The summed E-state index contributed by atoms with van der Waals surface area (Å²) in [7, 11) is 4.07. The number of benzene rings is 1. The van der Waals surface area contributed by atoms with E-state index in [1.807, 2.05) is 60.1 Å². The van der Waals surface area contributed by atoms with Gasteiger partial charge in [-0.25, -0.2) is 14.8 Å². The molecule has 0 spiro atoms. The third kappa shape index (κ3) is 9.40. The minimum atomic E-state index is -0.654. The van der Waals surface area contributed by atoms with Gasteiger partial charge < -0.3 is 25.6 Å². The van der Waals surface area contributed by atoms with Crippen molar-refractivity contribution in [3.05, 3.63) is 71.3 Å². The summed E-state index contributed by atoms with van der Waals surface area (Å²) >= 11 is 0. The quantitative estimate of drug-likeness (QED) is 0.537. The molecule has 3 rings (SSSR count). The first-order valence-corrected chi connectivity index (χ1v) is 13.1. The molecule has 0 aliphatic carbocycles. The molecule has 0 unspecified atom stereocenters. The Bertz CT molecular complexity index is 1220. The molecule has 0 fully saturated rings. The van der Waals surface area contributed by atoms with Crippen LogP contribution in [0.5, 0.6) is 0 Å². The van der Waals surface area contributed by atoms with Crippen molar-refractivity contribution < 1.29 is 14.3 Å². The van der Waals surface area contributed by atoms with Crippen LogP contribution in [0.25, 0.3) is 0 Å². The molecule has 0 radical (unpaired) electrons. The minimum Gasteiger partial charge on any atom is -0.443 e. The number of nitrogens with zero attached hydrogens (tertiary/aromatic N) is 4. The minimum absolute atomic E-state index is 0.118. The molecule has 2 amide bonds. The molecule has 2 aromatic rings. The second kappa shape index (κ2) is 13.2. The smallest absolute Gasteiger partial charge is 0.414 e. The van der Waals surface area contributed by atoms with Gasteiger partial charge >= 0.3 is 6.09 Å². The third-order valence-corrected chi connectivity index (χ3v) is 5.90. The fourth-order valence-corrected chi connectivity index (χ4v) is 4.00. The van der Waals surface area contributed by atoms with Crippen molar-refractivity contribution >= 4 is 23.6 Å². The maximum atomic E-state index is 12.9. The summed E-state index contributed by atoms with van der Waals surface area (Å²) in [6.07, 6.45) is 3.85. The molecule has 1 aromatic carbocycles. The number of allylic oxidation sites excluding steroid dienone is 1. The Labute approximate surface area is 231 Å². The first-order chi connectivity index (χ1) is 18.4. The van der Waals surface area contributed by atoms with E-state index >= 15 is 0 Å². The van der Waals surface area contributed by atoms with Crippen LogP contribution in [-0.2, 0) is 29.0 Å². The zero-order valence-electron chi connectivity index (χ0n) is 23.9. The van der Waals surface area contributed by atoms with Gasteiger partial charge in [0.15, 0.2) is 0 Å². The first-order valence-electron chi connectivity index (χ1n) is 13.1. The Hall–Kier alpha value is -3.92. The number of amides is 2. The Morgan fingerprint density at radius 2 is 2.03 bits per heavy atom. The summed E-state index contributed by atoms with van der Waals surface area (Å²) < 4.78 is 5.57. The fraction of sp³-hybridized carbons (Fsp3) is 0.448. The topological polar surface area (TPSA) is 112 Å². The molecule has 0 atom stereocenters. The van der Waals surface area contributed by atoms with Crippen LogP contribution in [0.3, 0.4) is 0 Å². The molecule has 10 nitrogen and oxygen atoms in total. The molecule has 2 heterocycles. The summed E-state index contributed by atoms with van der Waals surface area (Å²) in [6.45, 7) is 13.2. The van der Waals surface area contributed by atoms with Crippen molar-refractivity contribution in [1.29, 1.82) is 0 Å². The average Bonchev–Trinajstić information content (AvgIpc) is 2.84. The Balaban J connectivity index is 1.82. The molecule has 0 saturated heterocycles. The van der Waals surface area contributed by atoms with Gasteiger partial charge in [0.25, 0.3) is 0 Å². The van der Waals surface area contributed by atoms with Crippen LogP contribution in [0.15, 0.2) is 54.5 Å². The normalized spacial score (nSPS) is 16.8. The Morgan fingerprint density at radius 3 is 2.74 bits per heavy atom. The Kier molecular flexibility index (Phi) is 10.1. The summed E-state index contributed by atoms with van der Waals surface area (Å²) in [4.78, 5) is 38.3. The van der Waals surface area contributed by atoms with Gasteiger partial charge in [0.2, 0.25) is 11.9 Å². The summed E-state index contributed by atoms with van der Waals surface area (Å²) in [5, 5.41) is 9.48. The first kappa shape index (κ1) is 29.6. The summed E-state index contributed by atoms with van der Waals surface area (Å²) in [5.41, 5.74) is 4.34. The molecular weight excluding hydrogens is 494 g/mol. The molecule has 0 bridgehead atoms. The van der Waals surface area contributed by atoms with Gasteiger partial charge in [-0.05, 0) is 77.0 Å². The van der Waals surface area contributed by atoms with Gasteiger partial charge in [0.1, 0.15) is 5.60 Å². The van der Waals surface area contributed by atoms with Crippen LogP contribution in [0.1, 0.15) is 50.9 Å². The van der Waals surface area contributed by atoms with E-state index in [1.165, 1.54) is 10.5 Å². The van der Waals surface area contributed by atoms with Gasteiger partial charge in [-0.3, -0.25) is 9.69 Å². The predicted molar refractivity (Wildman–Crippen MR) is 153 cm³/mol. The van der Waals surface area contributed by atoms with Crippen LogP contribution < -0.4 is 16.0 Å². The van der Waals surface area contributed by atoms with Crippen LogP contribution in [0.2, 0.25) is 0 Å². The van der Waals surface area contributed by atoms with Crippen LogP contribution in [0.4, 0.5) is 16.4 Å². The van der Waals surface area contributed by atoms with Gasteiger partial charge in [-0.2, -0.15) is 0 Å². The van der Waals surface area contributed by atoms with Crippen molar-refractivity contribution in [1.82, 2.24) is 30.4 Å². The molecule has 1 aliphatic rings. The number of hydrogen-bond acceptors (Lipinski definition) is 8. The lowest BCUT2D eigenvalue weighted by atomic mass is 10.1. The van der Waals surface area contributed by atoms with Gasteiger partial charge in [-0.1, -0.05) is 18.7 Å². The standard InChI is InChI=1S/C29H41N7O3/c1-20-16-30-18-25-23(17-32-27(34-25)33-24-10-8-9-22(15-24)19-35(6)7)11-12-26(37)31-13-14-36(21(20)2)28(38)39-29(3,4)5/h8-10,15-17,30H,2,11-14,18-19H2,1,3-7H3,(H,31,37)(H,32,33,34)/b20-16+. The second-order valence-corrected chi connectivity index (χ2v) is 10.9. The second-order valence-electron chi connectivity index (χ2n) is 10.9. The van der Waals surface area contributed by atoms with E-state index in [4.69, 9.17) is 9.72 Å². The van der Waals surface area contributed by atoms with Crippen molar-refractivity contribution in [2.24, 2.45) is 0 Å². The predicted octanol–water partition coefficient (Wildman–Crippen LogP) is 4.09. The van der Waals surface area contributed by atoms with Crippen molar-refractivity contribution in [2.75, 3.05) is 32.5 Å². The van der Waals surface area contributed by atoms with E-state index in [1.54, 1.807) is 6.20 Å². The van der Waals surface area contributed by atoms with E-state index in [0.717, 1.165) is 29.1 Å². The van der Waals surface area contributed by atoms with Gasteiger partial charge in [0.05, 0.1) is 12.2 Å². The zero-order chi connectivity index (χ0) is 28.6. The number of carbonyl (C=O) groups excluding carboxylic acids is 2. The number of nitrogens with one attached hydrogen (secondary N) is 3. The SMILES string of the molecule is C=C1/C(C)=C/NCc2nc(Nc3cccc(CN(C)C)c3)ncc2CCC(=O)NCCN1C(=O)OC(C)(C)C. The monoisotopic (exact) mass is 535 g/mol. The number of fused-ring (bicyclic) bond motifs is 1. The number of anilines is 2. The number of carbonyl (C=O) groups is 2. The average molecular weight is 536 g/mol. The van der Waals surface area contributed by atoms with Crippen LogP contribution in [-0.4, -0.2) is 64.6 Å². The highest BCUT2D eigenvalue weighted by Gasteiger charge is 2.25. The molecule has 39 heavy (non-hydrogen) atoms. The lowest BCUT2D eigenvalue weighted by Crippen LogP contribution is -2.41. The number of ether oxygens (including phenoxy) is 1. The van der Waals surface area contributed by atoms with E-state index < -0.39 is 11.7 Å². The van der Waals surface area contributed by atoms with E-state index in [0.29, 0.717) is 24.6 Å². The van der Waals surface area contributed by atoms with E-state index in [9.17, 15) is 9.59 Å². The van der Waals surface area contributed by atoms with E-state index in [-0.39, 0.29) is 25.4 Å². The molecular formula is C29H41N7O3. The largest absolute Gasteiger partial charge is 0.443 e. The highest BCUT2D eigenvalue weighted by atomic mass is 16.6. The van der Waals surface area contributed by atoms with Crippen LogP contribution in [0, 0.1) is 0 Å². The molecule has 210 valence electrons. The van der Waals surface area contributed by atoms with Crippen molar-refractivity contribution in [2.45, 2.75) is 59.2 Å². The number of hydrogen-bond donors (Lipinski definition) is 3. The molecule has 0 saturated carbocycles. The number of aromatic nitrogens is 2. The third-order valence-electron chi connectivity index (χ3n) is 5.90. The van der Waals surface area contributed by atoms with E-state index in [2.05, 4.69) is 44.5 Å². The lowest BCUT2D eigenvalue weighted by Gasteiger charge is -2.29. The summed E-state index contributed by atoms with van der Waals surface area (Å²) in [5.74, 6) is 0.359. The zero-order valence-corrected chi connectivity index (χ0v) is 23.9. The number of aryl methyl sites for hydroxylation is 1. The molecule has 1 aromatic heterocycles. The van der Waals surface area contributed by atoms with Crippen molar-refractivity contribution in [3.8, 4) is 0 Å². The van der Waals surface area contributed by atoms with Gasteiger partial charge in [-0.15, -0.1) is 0 Å². The Morgan fingerprint density at radius 1 is 1.26 bits per heavy atom. The maximum Gasteiger partial charge on any atom is 0.414 e. The highest BCUT2D eigenvalue weighted by molar-refractivity contribution is 5.76. The lowest BCUT2D eigenvalue weighted by molar-refractivity contribution is -0.121. The van der Waals surface area contributed by atoms with Crippen molar-refractivity contribution in [3.63, 3.8) is 0 Å². The van der Waals surface area contributed by atoms with Crippen LogP contribution >= 0.6 is 0 Å². The number of rotatable bonds is 4. The fourth-order valence-electron chi connectivity index (χ4n) is 4.00. The molecule has 3 N–H and O–H groups in total. The maximum absolute atomic E-state index is 12.9. The summed E-state index contributed by atoms with van der Waals surface area (Å²) in [6, 6.07) is 8.13. The highest BCUT2D eigenvalue weighted by Crippen LogP contribution is 2.20. The molecule has 1 aliphatic heterocycles. The van der Waals surface area contributed by atoms with Gasteiger partial charge in [0, 0.05) is 49.8 Å².